The van der Waals surface area contributed by atoms with E-state index in [1.165, 1.54) is 5.56 Å². The molecular formula is C16H20ClNOS. The third kappa shape index (κ3) is 4.30. The minimum Gasteiger partial charge on any atom is -0.374 e. The zero-order valence-electron chi connectivity index (χ0n) is 11.9. The van der Waals surface area contributed by atoms with Crippen molar-refractivity contribution in [1.82, 2.24) is 4.98 Å². The highest BCUT2D eigenvalue weighted by atomic mass is 35.5. The van der Waals surface area contributed by atoms with Crippen molar-refractivity contribution in [2.75, 3.05) is 0 Å². The van der Waals surface area contributed by atoms with Crippen LogP contribution in [0.3, 0.4) is 0 Å². The Labute approximate surface area is 129 Å². The molecule has 1 unspecified atom stereocenters. The Kier molecular flexibility index (Phi) is 6.02. The molecule has 1 aromatic carbocycles. The van der Waals surface area contributed by atoms with Crippen LogP contribution >= 0.6 is 22.9 Å². The zero-order valence-corrected chi connectivity index (χ0v) is 13.5. The van der Waals surface area contributed by atoms with Gasteiger partial charge in [0.05, 0.1) is 24.3 Å². The first-order valence-electron chi connectivity index (χ1n) is 6.94. The Morgan fingerprint density at radius 1 is 1.40 bits per heavy atom. The van der Waals surface area contributed by atoms with Gasteiger partial charge < -0.3 is 4.74 Å². The summed E-state index contributed by atoms with van der Waals surface area (Å²) in [7, 11) is 0. The summed E-state index contributed by atoms with van der Waals surface area (Å²) in [5.41, 5.74) is 3.26. The lowest BCUT2D eigenvalue weighted by molar-refractivity contribution is 0.0472. The maximum atomic E-state index is 5.85. The fourth-order valence-electron chi connectivity index (χ4n) is 2.02. The van der Waals surface area contributed by atoms with Crippen molar-refractivity contribution in [2.24, 2.45) is 0 Å². The van der Waals surface area contributed by atoms with E-state index in [1.54, 1.807) is 11.3 Å². The van der Waals surface area contributed by atoms with Gasteiger partial charge in [0.1, 0.15) is 5.01 Å². The van der Waals surface area contributed by atoms with E-state index in [4.69, 9.17) is 16.3 Å². The summed E-state index contributed by atoms with van der Waals surface area (Å²) in [5.74, 6) is 0.466. The van der Waals surface area contributed by atoms with Crippen molar-refractivity contribution in [1.29, 1.82) is 0 Å². The number of ether oxygens (including phenoxy) is 1. The molecule has 2 nitrogen and oxygen atoms in total. The number of hydrogen-bond acceptors (Lipinski definition) is 3. The summed E-state index contributed by atoms with van der Waals surface area (Å²) in [4.78, 5) is 4.51. The monoisotopic (exact) mass is 309 g/mol. The molecule has 0 saturated carbocycles. The Morgan fingerprint density at radius 2 is 2.25 bits per heavy atom. The molecular weight excluding hydrogens is 290 g/mol. The van der Waals surface area contributed by atoms with Crippen molar-refractivity contribution in [3.63, 3.8) is 0 Å². The quantitative estimate of drug-likeness (QED) is 0.651. The molecule has 108 valence electrons. The first-order valence-corrected chi connectivity index (χ1v) is 8.35. The fourth-order valence-corrected chi connectivity index (χ4v) is 3.07. The average molecular weight is 310 g/mol. The van der Waals surface area contributed by atoms with Crippen LogP contribution in [0.4, 0.5) is 0 Å². The van der Waals surface area contributed by atoms with Gasteiger partial charge in [-0.05, 0) is 25.0 Å². The third-order valence-corrected chi connectivity index (χ3v) is 4.31. The van der Waals surface area contributed by atoms with Crippen LogP contribution in [-0.2, 0) is 17.2 Å². The van der Waals surface area contributed by atoms with Gasteiger partial charge in [0, 0.05) is 10.9 Å². The van der Waals surface area contributed by atoms with Gasteiger partial charge in [-0.3, -0.25) is 0 Å². The second kappa shape index (κ2) is 7.77. The number of hydrogen-bond donors (Lipinski definition) is 0. The van der Waals surface area contributed by atoms with Crippen LogP contribution in [0, 0.1) is 0 Å². The van der Waals surface area contributed by atoms with Gasteiger partial charge in [-0.25, -0.2) is 4.98 Å². The first kappa shape index (κ1) is 15.5. The molecule has 0 spiro atoms. The van der Waals surface area contributed by atoms with Crippen molar-refractivity contribution < 1.29 is 4.74 Å². The first-order chi connectivity index (χ1) is 9.72. The topological polar surface area (TPSA) is 22.1 Å². The van der Waals surface area contributed by atoms with Gasteiger partial charge in [0.25, 0.3) is 0 Å². The SMILES string of the molecule is CCCC(C)OCc1cccc(-c2nc(CCl)cs2)c1. The Bertz CT molecular complexity index is 541. The predicted octanol–water partition coefficient (Wildman–Crippen LogP) is 5.25. The van der Waals surface area contributed by atoms with Crippen LogP contribution in [-0.4, -0.2) is 11.1 Å². The lowest BCUT2D eigenvalue weighted by atomic mass is 10.1. The normalized spacial score (nSPS) is 12.6. The van der Waals surface area contributed by atoms with E-state index in [0.29, 0.717) is 18.6 Å². The molecule has 0 radical (unpaired) electrons. The number of rotatable bonds is 7. The maximum Gasteiger partial charge on any atom is 0.123 e. The molecule has 0 fully saturated rings. The molecule has 1 heterocycles. The van der Waals surface area contributed by atoms with Crippen molar-refractivity contribution in [3.8, 4) is 10.6 Å². The van der Waals surface area contributed by atoms with Crippen LogP contribution in [0.5, 0.6) is 0 Å². The molecule has 2 aromatic rings. The van der Waals surface area contributed by atoms with Crippen LogP contribution < -0.4 is 0 Å². The maximum absolute atomic E-state index is 5.85. The van der Waals surface area contributed by atoms with Crippen LogP contribution in [0.15, 0.2) is 29.6 Å². The molecule has 0 aliphatic rings. The smallest absolute Gasteiger partial charge is 0.123 e. The highest BCUT2D eigenvalue weighted by Gasteiger charge is 2.06. The molecule has 0 aliphatic carbocycles. The number of benzene rings is 1. The minimum atomic E-state index is 0.311. The number of alkyl halides is 1. The van der Waals surface area contributed by atoms with Gasteiger partial charge in [0.15, 0.2) is 0 Å². The van der Waals surface area contributed by atoms with E-state index in [-0.39, 0.29) is 0 Å². The molecule has 2 rings (SSSR count). The van der Waals surface area contributed by atoms with Crippen molar-refractivity contribution >= 4 is 22.9 Å². The number of halogens is 1. The Morgan fingerprint density at radius 3 is 2.95 bits per heavy atom. The average Bonchev–Trinajstić information content (AvgIpc) is 2.95. The predicted molar refractivity (Wildman–Crippen MR) is 86.3 cm³/mol. The van der Waals surface area contributed by atoms with Crippen molar-refractivity contribution in [2.45, 2.75) is 45.3 Å². The Hall–Kier alpha value is -0.900. The largest absolute Gasteiger partial charge is 0.374 e. The van der Waals surface area contributed by atoms with Crippen LogP contribution in [0.1, 0.15) is 37.9 Å². The molecule has 4 heteroatoms. The summed E-state index contributed by atoms with van der Waals surface area (Å²) >= 11 is 7.43. The molecule has 0 saturated heterocycles. The number of thiazole rings is 1. The van der Waals surface area contributed by atoms with Gasteiger partial charge in [-0.15, -0.1) is 22.9 Å². The van der Waals surface area contributed by atoms with Gasteiger partial charge in [-0.1, -0.05) is 31.5 Å². The van der Waals surface area contributed by atoms with Crippen LogP contribution in [0.2, 0.25) is 0 Å². The molecule has 1 atom stereocenters. The van der Waals surface area contributed by atoms with E-state index in [9.17, 15) is 0 Å². The van der Waals surface area contributed by atoms with E-state index in [0.717, 1.165) is 29.1 Å². The molecule has 0 aliphatic heterocycles. The summed E-state index contributed by atoms with van der Waals surface area (Å²) < 4.78 is 5.85. The summed E-state index contributed by atoms with van der Waals surface area (Å²) in [6.07, 6.45) is 2.57. The molecule has 0 bridgehead atoms. The molecule has 1 aromatic heterocycles. The molecule has 20 heavy (non-hydrogen) atoms. The van der Waals surface area contributed by atoms with Gasteiger partial charge in [0.2, 0.25) is 0 Å². The summed E-state index contributed by atoms with van der Waals surface area (Å²) in [6, 6.07) is 8.38. The van der Waals surface area contributed by atoms with E-state index < -0.39 is 0 Å². The summed E-state index contributed by atoms with van der Waals surface area (Å²) in [5, 5.41) is 3.03. The highest BCUT2D eigenvalue weighted by molar-refractivity contribution is 7.13. The number of aromatic nitrogens is 1. The van der Waals surface area contributed by atoms with Crippen LogP contribution in [0.25, 0.3) is 10.6 Å². The van der Waals surface area contributed by atoms with Gasteiger partial charge >= 0.3 is 0 Å². The van der Waals surface area contributed by atoms with E-state index >= 15 is 0 Å². The standard InChI is InChI=1S/C16H20ClNOS/c1-3-5-12(2)19-10-13-6-4-7-14(8-13)16-18-15(9-17)11-20-16/h4,6-8,11-12H,3,5,9-10H2,1-2H3. The second-order valence-corrected chi connectivity index (χ2v) is 6.01. The third-order valence-electron chi connectivity index (χ3n) is 3.09. The molecule has 0 amide bonds. The van der Waals surface area contributed by atoms with Gasteiger partial charge in [-0.2, -0.15) is 0 Å². The minimum absolute atomic E-state index is 0.311. The lowest BCUT2D eigenvalue weighted by Crippen LogP contribution is -2.07. The fraction of sp³-hybridized carbons (Fsp3) is 0.438. The van der Waals surface area contributed by atoms with E-state index in [1.807, 2.05) is 5.38 Å². The number of nitrogens with zero attached hydrogens (tertiary/aromatic N) is 1. The van der Waals surface area contributed by atoms with Crippen molar-refractivity contribution in [3.05, 3.63) is 40.9 Å². The second-order valence-electron chi connectivity index (χ2n) is 4.89. The summed E-state index contributed by atoms with van der Waals surface area (Å²) in [6.45, 7) is 4.96. The molecule has 0 N–H and O–H groups in total. The van der Waals surface area contributed by atoms with E-state index in [2.05, 4.69) is 43.1 Å². The zero-order chi connectivity index (χ0) is 14.4. The Balaban J connectivity index is 2.04. The lowest BCUT2D eigenvalue weighted by Gasteiger charge is -2.12. The highest BCUT2D eigenvalue weighted by Crippen LogP contribution is 2.25.